The van der Waals surface area contributed by atoms with E-state index in [2.05, 4.69) is 30.7 Å². The van der Waals surface area contributed by atoms with Crippen LogP contribution in [0.1, 0.15) is 31.7 Å². The Morgan fingerprint density at radius 1 is 1.17 bits per heavy atom. The number of hydrogen-bond donors (Lipinski definition) is 2. The summed E-state index contributed by atoms with van der Waals surface area (Å²) in [4.78, 5) is 8.75. The lowest BCUT2D eigenvalue weighted by Crippen LogP contribution is -2.21. The number of aromatic nitrogens is 7. The van der Waals surface area contributed by atoms with Crippen molar-refractivity contribution in [2.75, 3.05) is 5.32 Å². The SMILES string of the molecule is O[C@H]1CC[C@H](n2cc(Nc3ncc4nnn(-c5ccc(Cl)c(F)c5)c4n3)cn2)CC1. The van der Waals surface area contributed by atoms with Crippen molar-refractivity contribution in [2.45, 2.75) is 37.8 Å². The molecule has 0 saturated heterocycles. The van der Waals surface area contributed by atoms with Gasteiger partial charge >= 0.3 is 0 Å². The molecule has 11 heteroatoms. The maximum absolute atomic E-state index is 13.9. The van der Waals surface area contributed by atoms with E-state index in [1.807, 2.05) is 10.9 Å². The van der Waals surface area contributed by atoms with Gasteiger partial charge in [-0.3, -0.25) is 4.68 Å². The third kappa shape index (κ3) is 3.59. The second-order valence-electron chi connectivity index (χ2n) is 7.30. The molecule has 1 saturated carbocycles. The van der Waals surface area contributed by atoms with Crippen LogP contribution >= 0.6 is 11.6 Å². The van der Waals surface area contributed by atoms with Gasteiger partial charge in [0.15, 0.2) is 11.2 Å². The molecule has 3 heterocycles. The highest BCUT2D eigenvalue weighted by atomic mass is 35.5. The predicted molar refractivity (Wildman–Crippen MR) is 108 cm³/mol. The third-order valence-corrected chi connectivity index (χ3v) is 5.54. The summed E-state index contributed by atoms with van der Waals surface area (Å²) in [5.74, 6) is -0.202. The number of nitrogens with one attached hydrogen (secondary N) is 1. The minimum absolute atomic E-state index is 0.0321. The zero-order valence-corrected chi connectivity index (χ0v) is 16.5. The smallest absolute Gasteiger partial charge is 0.229 e. The van der Waals surface area contributed by atoms with Gasteiger partial charge < -0.3 is 10.4 Å². The normalized spacial score (nSPS) is 19.3. The van der Waals surface area contributed by atoms with Gasteiger partial charge in [0.1, 0.15) is 5.82 Å². The highest BCUT2D eigenvalue weighted by Crippen LogP contribution is 2.29. The van der Waals surface area contributed by atoms with Crippen LogP contribution in [-0.4, -0.2) is 46.0 Å². The number of aliphatic hydroxyl groups excluding tert-OH is 1. The van der Waals surface area contributed by atoms with Crippen molar-refractivity contribution in [1.82, 2.24) is 34.7 Å². The van der Waals surface area contributed by atoms with Crippen LogP contribution in [0.4, 0.5) is 16.0 Å². The summed E-state index contributed by atoms with van der Waals surface area (Å²) < 4.78 is 17.2. The van der Waals surface area contributed by atoms with Crippen LogP contribution in [0.5, 0.6) is 0 Å². The van der Waals surface area contributed by atoms with Crippen molar-refractivity contribution in [1.29, 1.82) is 0 Å². The van der Waals surface area contributed by atoms with Gasteiger partial charge in [-0.15, -0.1) is 5.10 Å². The Bertz CT molecular complexity index is 1200. The lowest BCUT2D eigenvalue weighted by molar-refractivity contribution is 0.108. The standard InChI is InChI=1S/C19H18ClFN8O/c20-15-6-3-13(7-16(15)21)29-18-17(26-27-29)9-22-19(25-18)24-11-8-23-28(10-11)12-1-4-14(30)5-2-12/h3,6-10,12,14,30H,1-2,4-5H2,(H,22,24,25)/t12-,14-. The molecule has 154 valence electrons. The van der Waals surface area contributed by atoms with Gasteiger partial charge in [0.2, 0.25) is 5.95 Å². The maximum atomic E-state index is 13.9. The van der Waals surface area contributed by atoms with Crippen LogP contribution in [0, 0.1) is 5.82 Å². The van der Waals surface area contributed by atoms with Gasteiger partial charge in [-0.1, -0.05) is 16.8 Å². The molecule has 9 nitrogen and oxygen atoms in total. The van der Waals surface area contributed by atoms with Crippen molar-refractivity contribution >= 4 is 34.4 Å². The Hall–Kier alpha value is -3.11. The first-order chi connectivity index (χ1) is 14.6. The summed E-state index contributed by atoms with van der Waals surface area (Å²) in [7, 11) is 0. The first-order valence-corrected chi connectivity index (χ1v) is 9.98. The van der Waals surface area contributed by atoms with Gasteiger partial charge in [0.05, 0.1) is 40.9 Å². The summed E-state index contributed by atoms with van der Waals surface area (Å²) in [5.41, 5.74) is 2.11. The molecule has 0 aliphatic heterocycles. The molecule has 1 fully saturated rings. The molecule has 0 amide bonds. The van der Waals surface area contributed by atoms with Gasteiger partial charge in [0.25, 0.3) is 0 Å². The number of aliphatic hydroxyl groups is 1. The second kappa shape index (κ2) is 7.62. The van der Waals surface area contributed by atoms with E-state index in [1.165, 1.54) is 16.8 Å². The first kappa shape index (κ1) is 18.9. The predicted octanol–water partition coefficient (Wildman–Crippen LogP) is 3.42. The van der Waals surface area contributed by atoms with E-state index in [1.54, 1.807) is 18.5 Å². The summed E-state index contributed by atoms with van der Waals surface area (Å²) in [6, 6.07) is 4.65. The molecule has 1 aliphatic rings. The van der Waals surface area contributed by atoms with Gasteiger partial charge in [-0.25, -0.2) is 9.37 Å². The first-order valence-electron chi connectivity index (χ1n) is 9.60. The molecule has 4 aromatic rings. The van der Waals surface area contributed by atoms with Crippen molar-refractivity contribution < 1.29 is 9.50 Å². The second-order valence-corrected chi connectivity index (χ2v) is 7.71. The lowest BCUT2D eigenvalue weighted by atomic mass is 9.93. The molecule has 0 spiro atoms. The van der Waals surface area contributed by atoms with Crippen molar-refractivity contribution in [2.24, 2.45) is 0 Å². The van der Waals surface area contributed by atoms with E-state index in [0.717, 1.165) is 31.4 Å². The fourth-order valence-corrected chi connectivity index (χ4v) is 3.75. The number of rotatable bonds is 4. The van der Waals surface area contributed by atoms with E-state index < -0.39 is 5.82 Å². The zero-order chi connectivity index (χ0) is 20.7. The highest BCUT2D eigenvalue weighted by Gasteiger charge is 2.21. The van der Waals surface area contributed by atoms with Crippen molar-refractivity contribution in [3.8, 4) is 5.69 Å². The van der Waals surface area contributed by atoms with E-state index in [0.29, 0.717) is 22.8 Å². The molecule has 3 aromatic heterocycles. The zero-order valence-electron chi connectivity index (χ0n) is 15.8. The molecule has 5 rings (SSSR count). The van der Waals surface area contributed by atoms with E-state index >= 15 is 0 Å². The largest absolute Gasteiger partial charge is 0.393 e. The Kier molecular flexibility index (Phi) is 4.80. The van der Waals surface area contributed by atoms with Gasteiger partial charge in [-0.2, -0.15) is 14.8 Å². The number of nitrogens with zero attached hydrogens (tertiary/aromatic N) is 7. The van der Waals surface area contributed by atoms with Crippen LogP contribution in [0.3, 0.4) is 0 Å². The average Bonchev–Trinajstić information content (AvgIpc) is 3.38. The average molecular weight is 429 g/mol. The maximum Gasteiger partial charge on any atom is 0.229 e. The molecule has 1 aromatic carbocycles. The molecule has 0 unspecified atom stereocenters. The Balaban J connectivity index is 1.40. The highest BCUT2D eigenvalue weighted by molar-refractivity contribution is 6.30. The number of halogens is 2. The van der Waals surface area contributed by atoms with E-state index in [-0.39, 0.29) is 17.2 Å². The molecule has 0 atom stereocenters. The summed E-state index contributed by atoms with van der Waals surface area (Å²) in [6.07, 6.45) is 8.32. The van der Waals surface area contributed by atoms with E-state index in [9.17, 15) is 9.50 Å². The summed E-state index contributed by atoms with van der Waals surface area (Å²) in [5, 5.41) is 25.4. The van der Waals surface area contributed by atoms with Gasteiger partial charge in [-0.05, 0) is 37.8 Å². The molecule has 2 N–H and O–H groups in total. The third-order valence-electron chi connectivity index (χ3n) is 5.24. The van der Waals surface area contributed by atoms with Crippen LogP contribution in [0.15, 0.2) is 36.8 Å². The molecular weight excluding hydrogens is 411 g/mol. The number of hydrogen-bond acceptors (Lipinski definition) is 7. The topological polar surface area (TPSA) is 107 Å². The Morgan fingerprint density at radius 3 is 2.80 bits per heavy atom. The number of benzene rings is 1. The fourth-order valence-electron chi connectivity index (χ4n) is 3.63. The monoisotopic (exact) mass is 428 g/mol. The van der Waals surface area contributed by atoms with Crippen molar-refractivity contribution in [3.63, 3.8) is 0 Å². The number of fused-ring (bicyclic) bond motifs is 1. The van der Waals surface area contributed by atoms with Crippen LogP contribution in [0.25, 0.3) is 16.9 Å². The summed E-state index contributed by atoms with van der Waals surface area (Å²) in [6.45, 7) is 0. The van der Waals surface area contributed by atoms with Crippen molar-refractivity contribution in [3.05, 3.63) is 47.6 Å². The van der Waals surface area contributed by atoms with Crippen LogP contribution < -0.4 is 5.32 Å². The quantitative estimate of drug-likeness (QED) is 0.512. The lowest BCUT2D eigenvalue weighted by Gasteiger charge is -2.25. The van der Waals surface area contributed by atoms with Gasteiger partial charge in [0, 0.05) is 12.3 Å². The molecule has 1 aliphatic carbocycles. The molecule has 0 bridgehead atoms. The minimum atomic E-state index is -0.548. The molecular formula is C19H18ClFN8O. The van der Waals surface area contributed by atoms with E-state index in [4.69, 9.17) is 11.6 Å². The Morgan fingerprint density at radius 2 is 2.00 bits per heavy atom. The number of anilines is 2. The van der Waals surface area contributed by atoms with Crippen LogP contribution in [-0.2, 0) is 0 Å². The Labute approximate surface area is 175 Å². The van der Waals surface area contributed by atoms with Crippen LogP contribution in [0.2, 0.25) is 5.02 Å². The molecule has 30 heavy (non-hydrogen) atoms. The molecule has 0 radical (unpaired) electrons. The fraction of sp³-hybridized carbons (Fsp3) is 0.316. The summed E-state index contributed by atoms with van der Waals surface area (Å²) >= 11 is 5.76. The minimum Gasteiger partial charge on any atom is -0.393 e.